The summed E-state index contributed by atoms with van der Waals surface area (Å²) in [4.78, 5) is 0. The fourth-order valence-electron chi connectivity index (χ4n) is 3.56. The van der Waals surface area contributed by atoms with Gasteiger partial charge >= 0.3 is 0 Å². The Bertz CT molecular complexity index is 721. The average molecular weight is 383 g/mol. The molecular formula is C24H34O2Si. The number of hydrogen-bond donors (Lipinski definition) is 1. The third kappa shape index (κ3) is 5.19. The second-order valence-corrected chi connectivity index (χ2v) is 14.0. The number of rotatable bonds is 8. The van der Waals surface area contributed by atoms with Crippen molar-refractivity contribution in [2.75, 3.05) is 6.23 Å². The molecule has 1 N–H and O–H groups in total. The van der Waals surface area contributed by atoms with E-state index in [1.54, 1.807) is 0 Å². The molecule has 0 amide bonds. The van der Waals surface area contributed by atoms with Crippen molar-refractivity contribution >= 4 is 8.07 Å². The summed E-state index contributed by atoms with van der Waals surface area (Å²) in [7, 11) is -2.32. The summed E-state index contributed by atoms with van der Waals surface area (Å²) < 4.78 is 6.21. The molecule has 2 atom stereocenters. The number of aliphatic hydroxyl groups is 1. The first-order valence-electron chi connectivity index (χ1n) is 9.74. The van der Waals surface area contributed by atoms with Gasteiger partial charge in [0.1, 0.15) is 8.07 Å². The topological polar surface area (TPSA) is 29.5 Å². The molecular weight excluding hydrogens is 348 g/mol. The molecule has 0 bridgehead atoms. The molecule has 0 unspecified atom stereocenters. The fourth-order valence-corrected chi connectivity index (χ4v) is 7.18. The summed E-state index contributed by atoms with van der Waals surface area (Å²) in [5.41, 5.74) is 2.32. The molecule has 0 aliphatic heterocycles. The first-order chi connectivity index (χ1) is 12.7. The van der Waals surface area contributed by atoms with Crippen LogP contribution < -0.4 is 0 Å². The monoisotopic (exact) mass is 382 g/mol. The predicted molar refractivity (Wildman–Crippen MR) is 117 cm³/mol. The maximum Gasteiger partial charge on any atom is 0.127 e. The second kappa shape index (κ2) is 9.00. The Kier molecular flexibility index (Phi) is 7.21. The van der Waals surface area contributed by atoms with Gasteiger partial charge in [-0.1, -0.05) is 100 Å². The number of allylic oxidation sites excluding steroid dienone is 1. The van der Waals surface area contributed by atoms with Crippen LogP contribution in [0.25, 0.3) is 0 Å². The zero-order valence-electron chi connectivity index (χ0n) is 17.4. The summed E-state index contributed by atoms with van der Waals surface area (Å²) >= 11 is 0. The van der Waals surface area contributed by atoms with E-state index in [-0.39, 0.29) is 5.04 Å². The fraction of sp³-hybridized carbons (Fsp3) is 0.417. The van der Waals surface area contributed by atoms with Crippen LogP contribution in [0.5, 0.6) is 0 Å². The van der Waals surface area contributed by atoms with Crippen molar-refractivity contribution in [3.63, 3.8) is 0 Å². The van der Waals surface area contributed by atoms with E-state index in [9.17, 15) is 5.11 Å². The van der Waals surface area contributed by atoms with Crippen molar-refractivity contribution in [1.82, 2.24) is 0 Å². The molecule has 0 aliphatic rings. The van der Waals surface area contributed by atoms with E-state index < -0.39 is 13.3 Å². The molecule has 0 radical (unpaired) electrons. The largest absolute Gasteiger partial charge is 0.389 e. The van der Waals surface area contributed by atoms with E-state index in [2.05, 4.69) is 51.6 Å². The lowest BCUT2D eigenvalue weighted by atomic mass is 10.1. The number of hydrogen-bond acceptors (Lipinski definition) is 2. The van der Waals surface area contributed by atoms with Gasteiger partial charge in [-0.15, -0.1) is 0 Å². The number of benzene rings is 2. The molecule has 0 fully saturated rings. The standard InChI is InChI=1S/C24H34O2Si/c1-6-17-24(25,18-21-13-9-7-10-14-21)27(5,23(2,3)4)20-26-19-22-15-11-8-12-16-22/h6-17,25H,18-20H2,1-5H3/b17-6+/t24-,27-/m0/s1. The van der Waals surface area contributed by atoms with Gasteiger partial charge < -0.3 is 9.84 Å². The summed E-state index contributed by atoms with van der Waals surface area (Å²) in [6.07, 6.45) is 5.21. The van der Waals surface area contributed by atoms with Crippen molar-refractivity contribution in [2.45, 2.75) is 57.5 Å². The highest BCUT2D eigenvalue weighted by molar-refractivity contribution is 6.84. The Morgan fingerprint density at radius 1 is 0.926 bits per heavy atom. The minimum atomic E-state index is -2.32. The van der Waals surface area contributed by atoms with E-state index in [1.807, 2.05) is 55.5 Å². The molecule has 3 heteroatoms. The normalized spacial score (nSPS) is 16.8. The molecule has 27 heavy (non-hydrogen) atoms. The molecule has 2 aromatic rings. The Hall–Kier alpha value is -1.68. The van der Waals surface area contributed by atoms with Gasteiger partial charge in [-0.25, -0.2) is 0 Å². The van der Waals surface area contributed by atoms with Crippen LogP contribution >= 0.6 is 0 Å². The van der Waals surface area contributed by atoms with Crippen LogP contribution in [-0.4, -0.2) is 24.6 Å². The maximum absolute atomic E-state index is 11.9. The highest BCUT2D eigenvalue weighted by atomic mass is 28.3. The summed E-state index contributed by atoms with van der Waals surface area (Å²) in [6, 6.07) is 20.5. The molecule has 0 aliphatic carbocycles. The minimum absolute atomic E-state index is 0.0211. The summed E-state index contributed by atoms with van der Waals surface area (Å²) in [5, 5.41) is 11.0. The highest BCUT2D eigenvalue weighted by Crippen LogP contribution is 2.45. The third-order valence-electron chi connectivity index (χ3n) is 5.87. The van der Waals surface area contributed by atoms with Crippen LogP contribution in [0.15, 0.2) is 72.8 Å². The summed E-state index contributed by atoms with van der Waals surface area (Å²) in [5.74, 6) is 0. The second-order valence-electron chi connectivity index (χ2n) is 8.65. The maximum atomic E-state index is 11.9. The van der Waals surface area contributed by atoms with Crippen LogP contribution in [0.4, 0.5) is 0 Å². The van der Waals surface area contributed by atoms with Crippen molar-refractivity contribution < 1.29 is 9.84 Å². The Balaban J connectivity index is 2.29. The molecule has 2 nitrogen and oxygen atoms in total. The molecule has 0 saturated carbocycles. The first-order valence-corrected chi connectivity index (χ1v) is 12.4. The predicted octanol–water partition coefficient (Wildman–Crippen LogP) is 5.71. The molecule has 2 aromatic carbocycles. The van der Waals surface area contributed by atoms with Gasteiger partial charge in [0.25, 0.3) is 0 Å². The van der Waals surface area contributed by atoms with Crippen LogP contribution in [-0.2, 0) is 17.8 Å². The average Bonchev–Trinajstić information content (AvgIpc) is 2.62. The lowest BCUT2D eigenvalue weighted by molar-refractivity contribution is 0.120. The van der Waals surface area contributed by atoms with Crippen molar-refractivity contribution in [3.8, 4) is 0 Å². The molecule has 0 saturated heterocycles. The smallest absolute Gasteiger partial charge is 0.127 e. The number of ether oxygens (including phenoxy) is 1. The molecule has 146 valence electrons. The minimum Gasteiger partial charge on any atom is -0.389 e. The SMILES string of the molecule is C/C=C/[C@@](O)(Cc1ccccc1)[Si@@](C)(COCc1ccccc1)C(C)(C)C. The van der Waals surface area contributed by atoms with Gasteiger partial charge in [-0.2, -0.15) is 0 Å². The summed E-state index contributed by atoms with van der Waals surface area (Å²) in [6.45, 7) is 11.6. The van der Waals surface area contributed by atoms with E-state index >= 15 is 0 Å². The lowest BCUT2D eigenvalue weighted by Gasteiger charge is -2.50. The van der Waals surface area contributed by atoms with E-state index in [0.29, 0.717) is 19.3 Å². The van der Waals surface area contributed by atoms with Crippen LogP contribution in [0.3, 0.4) is 0 Å². The molecule has 2 rings (SSSR count). The molecule has 0 aromatic heterocycles. The van der Waals surface area contributed by atoms with E-state index in [4.69, 9.17) is 4.74 Å². The van der Waals surface area contributed by atoms with Gasteiger partial charge in [0.15, 0.2) is 0 Å². The van der Waals surface area contributed by atoms with Gasteiger partial charge in [-0.3, -0.25) is 0 Å². The van der Waals surface area contributed by atoms with Gasteiger partial charge in [0, 0.05) is 12.7 Å². The van der Waals surface area contributed by atoms with Crippen LogP contribution in [0.1, 0.15) is 38.8 Å². The first kappa shape index (κ1) is 21.6. The van der Waals surface area contributed by atoms with Crippen molar-refractivity contribution in [2.24, 2.45) is 0 Å². The van der Waals surface area contributed by atoms with Crippen LogP contribution in [0.2, 0.25) is 11.6 Å². The van der Waals surface area contributed by atoms with E-state index in [1.165, 1.54) is 5.56 Å². The Morgan fingerprint density at radius 3 is 1.93 bits per heavy atom. The van der Waals surface area contributed by atoms with Crippen LogP contribution in [0, 0.1) is 0 Å². The Labute approximate surface area is 165 Å². The van der Waals surface area contributed by atoms with Gasteiger partial charge in [-0.05, 0) is 23.1 Å². The molecule has 0 heterocycles. The van der Waals surface area contributed by atoms with Crippen molar-refractivity contribution in [3.05, 3.63) is 83.9 Å². The van der Waals surface area contributed by atoms with E-state index in [0.717, 1.165) is 5.56 Å². The van der Waals surface area contributed by atoms with Gasteiger partial charge in [0.2, 0.25) is 0 Å². The third-order valence-corrected chi connectivity index (χ3v) is 12.2. The zero-order chi connectivity index (χ0) is 20.0. The molecule has 0 spiro atoms. The quantitative estimate of drug-likeness (QED) is 0.468. The highest BCUT2D eigenvalue weighted by Gasteiger charge is 2.54. The lowest BCUT2D eigenvalue weighted by Crippen LogP contribution is -2.65. The van der Waals surface area contributed by atoms with Gasteiger partial charge in [0.05, 0.1) is 11.8 Å². The Morgan fingerprint density at radius 2 is 1.44 bits per heavy atom. The van der Waals surface area contributed by atoms with Crippen molar-refractivity contribution in [1.29, 1.82) is 0 Å². The zero-order valence-corrected chi connectivity index (χ0v) is 18.4.